The number of aliphatic imine (C=N–C) groups is 1. The van der Waals surface area contributed by atoms with Crippen LogP contribution in [0.25, 0.3) is 0 Å². The van der Waals surface area contributed by atoms with Crippen LogP contribution in [0.4, 0.5) is 0 Å². The van der Waals surface area contributed by atoms with Crippen LogP contribution in [0.2, 0.25) is 0 Å². The average molecular weight is 180 g/mol. The van der Waals surface area contributed by atoms with Crippen molar-refractivity contribution in [3.05, 3.63) is 12.8 Å². The van der Waals surface area contributed by atoms with E-state index in [1.807, 2.05) is 19.6 Å². The maximum atomic E-state index is 4.03. The lowest BCUT2D eigenvalue weighted by Gasteiger charge is -2.32. The lowest BCUT2D eigenvalue weighted by Crippen LogP contribution is -2.32. The Morgan fingerprint density at radius 2 is 1.92 bits per heavy atom. The van der Waals surface area contributed by atoms with E-state index < -0.39 is 0 Å². The Hall–Kier alpha value is -0.790. The normalized spacial score (nSPS) is 29.1. The van der Waals surface area contributed by atoms with Gasteiger partial charge in [0.05, 0.1) is 6.34 Å². The molecule has 1 rings (SSSR count). The van der Waals surface area contributed by atoms with Gasteiger partial charge in [-0.15, -0.1) is 0 Å². The molecule has 0 bridgehead atoms. The van der Waals surface area contributed by atoms with Crippen LogP contribution in [0.3, 0.4) is 0 Å². The Labute approximate surface area is 81.3 Å². The third-order valence-electron chi connectivity index (χ3n) is 2.87. The average Bonchev–Trinajstić information content (AvgIpc) is 2.16. The topological polar surface area (TPSA) is 15.6 Å². The molecule has 1 fully saturated rings. The molecule has 0 aromatic heterocycles. The van der Waals surface area contributed by atoms with E-state index in [1.54, 1.807) is 0 Å². The van der Waals surface area contributed by atoms with Crippen molar-refractivity contribution in [2.75, 3.05) is 7.05 Å². The fourth-order valence-electron chi connectivity index (χ4n) is 1.96. The Bertz CT molecular complexity index is 179. The van der Waals surface area contributed by atoms with E-state index in [4.69, 9.17) is 0 Å². The monoisotopic (exact) mass is 180 g/mol. The van der Waals surface area contributed by atoms with Crippen molar-refractivity contribution in [3.8, 4) is 0 Å². The molecule has 1 aliphatic rings. The predicted molar refractivity (Wildman–Crippen MR) is 57.9 cm³/mol. The SMILES string of the molecule is C=CN(C=NC)C1CCC(C)CC1. The quantitative estimate of drug-likeness (QED) is 0.481. The first kappa shape index (κ1) is 10.3. The molecule has 0 amide bonds. The largest absolute Gasteiger partial charge is 0.337 e. The summed E-state index contributed by atoms with van der Waals surface area (Å²) in [5, 5.41) is 0. The van der Waals surface area contributed by atoms with Gasteiger partial charge in [0.25, 0.3) is 0 Å². The van der Waals surface area contributed by atoms with Crippen molar-refractivity contribution < 1.29 is 0 Å². The number of nitrogens with zero attached hydrogens (tertiary/aromatic N) is 2. The van der Waals surface area contributed by atoms with Gasteiger partial charge < -0.3 is 4.90 Å². The second-order valence-electron chi connectivity index (χ2n) is 3.92. The maximum Gasteiger partial charge on any atom is 0.0888 e. The lowest BCUT2D eigenvalue weighted by atomic mass is 9.87. The van der Waals surface area contributed by atoms with Gasteiger partial charge in [0.2, 0.25) is 0 Å². The molecule has 0 unspecified atom stereocenters. The first-order valence-corrected chi connectivity index (χ1v) is 5.10. The molecule has 2 nitrogen and oxygen atoms in total. The Morgan fingerprint density at radius 1 is 1.31 bits per heavy atom. The fraction of sp³-hybridized carbons (Fsp3) is 0.727. The first-order valence-electron chi connectivity index (χ1n) is 5.10. The van der Waals surface area contributed by atoms with Crippen molar-refractivity contribution in [1.82, 2.24) is 4.90 Å². The zero-order valence-electron chi connectivity index (χ0n) is 8.74. The molecule has 0 aromatic carbocycles. The highest BCUT2D eigenvalue weighted by molar-refractivity contribution is 5.56. The van der Waals surface area contributed by atoms with Crippen LogP contribution in [-0.2, 0) is 0 Å². The molecule has 2 heteroatoms. The minimum Gasteiger partial charge on any atom is -0.337 e. The van der Waals surface area contributed by atoms with E-state index >= 15 is 0 Å². The minimum atomic E-state index is 0.636. The summed E-state index contributed by atoms with van der Waals surface area (Å²) in [5.74, 6) is 0.904. The summed E-state index contributed by atoms with van der Waals surface area (Å²) in [6, 6.07) is 0.636. The molecule has 1 aliphatic carbocycles. The van der Waals surface area contributed by atoms with Crippen molar-refractivity contribution in [2.24, 2.45) is 10.9 Å². The predicted octanol–water partition coefficient (Wildman–Crippen LogP) is 2.67. The molecule has 0 spiro atoms. The van der Waals surface area contributed by atoms with E-state index in [-0.39, 0.29) is 0 Å². The van der Waals surface area contributed by atoms with Crippen molar-refractivity contribution in [2.45, 2.75) is 38.6 Å². The van der Waals surface area contributed by atoms with Gasteiger partial charge in [0.1, 0.15) is 0 Å². The maximum absolute atomic E-state index is 4.03. The van der Waals surface area contributed by atoms with Crippen LogP contribution >= 0.6 is 0 Å². The van der Waals surface area contributed by atoms with Crippen LogP contribution in [-0.4, -0.2) is 24.3 Å². The highest BCUT2D eigenvalue weighted by Gasteiger charge is 2.20. The summed E-state index contributed by atoms with van der Waals surface area (Å²) in [6.45, 7) is 6.14. The molecule has 13 heavy (non-hydrogen) atoms. The van der Waals surface area contributed by atoms with Crippen LogP contribution in [0.15, 0.2) is 17.8 Å². The summed E-state index contributed by atoms with van der Waals surface area (Å²) >= 11 is 0. The Balaban J connectivity index is 2.45. The highest BCUT2D eigenvalue weighted by atomic mass is 15.2. The zero-order valence-corrected chi connectivity index (χ0v) is 8.74. The lowest BCUT2D eigenvalue weighted by molar-refractivity contribution is 0.259. The van der Waals surface area contributed by atoms with Crippen LogP contribution in [0.1, 0.15) is 32.6 Å². The molecular weight excluding hydrogens is 160 g/mol. The summed E-state index contributed by atoms with van der Waals surface area (Å²) in [7, 11) is 1.81. The van der Waals surface area contributed by atoms with E-state index in [0.29, 0.717) is 6.04 Å². The molecule has 74 valence electrons. The molecule has 0 atom stereocenters. The van der Waals surface area contributed by atoms with Crippen molar-refractivity contribution in [3.63, 3.8) is 0 Å². The van der Waals surface area contributed by atoms with Gasteiger partial charge in [0.15, 0.2) is 0 Å². The number of rotatable bonds is 3. The summed E-state index contributed by atoms with van der Waals surface area (Å²) < 4.78 is 0. The van der Waals surface area contributed by atoms with Gasteiger partial charge in [-0.05, 0) is 37.8 Å². The van der Waals surface area contributed by atoms with Crippen LogP contribution in [0, 0.1) is 5.92 Å². The zero-order chi connectivity index (χ0) is 9.68. The second kappa shape index (κ2) is 5.05. The molecule has 0 aliphatic heterocycles. The van der Waals surface area contributed by atoms with E-state index in [2.05, 4.69) is 23.4 Å². The Kier molecular flexibility index (Phi) is 4.00. The molecule has 0 heterocycles. The Morgan fingerprint density at radius 3 is 2.38 bits per heavy atom. The third-order valence-corrected chi connectivity index (χ3v) is 2.87. The van der Waals surface area contributed by atoms with Crippen LogP contribution < -0.4 is 0 Å². The molecule has 1 saturated carbocycles. The second-order valence-corrected chi connectivity index (χ2v) is 3.92. The van der Waals surface area contributed by atoms with Crippen molar-refractivity contribution >= 4 is 6.34 Å². The molecule has 0 aromatic rings. The summed E-state index contributed by atoms with van der Waals surface area (Å²) in [6.07, 6.45) is 9.00. The standard InChI is InChI=1S/C11H20N2/c1-4-13(9-12-3)11-7-5-10(2)6-8-11/h4,9-11H,1,5-8H2,2-3H3. The van der Waals surface area contributed by atoms with E-state index in [1.165, 1.54) is 25.7 Å². The van der Waals surface area contributed by atoms with Gasteiger partial charge in [-0.2, -0.15) is 0 Å². The molecule has 0 saturated heterocycles. The summed E-state index contributed by atoms with van der Waals surface area (Å²) in [5.41, 5.74) is 0. The number of hydrogen-bond acceptors (Lipinski definition) is 1. The van der Waals surface area contributed by atoms with Gasteiger partial charge in [-0.25, -0.2) is 0 Å². The number of hydrogen-bond donors (Lipinski definition) is 0. The van der Waals surface area contributed by atoms with Crippen LogP contribution in [0.5, 0.6) is 0 Å². The van der Waals surface area contributed by atoms with E-state index in [0.717, 1.165) is 5.92 Å². The van der Waals surface area contributed by atoms with Crippen molar-refractivity contribution in [1.29, 1.82) is 0 Å². The van der Waals surface area contributed by atoms with Gasteiger partial charge in [0, 0.05) is 13.1 Å². The molecule has 0 N–H and O–H groups in total. The van der Waals surface area contributed by atoms with Gasteiger partial charge >= 0.3 is 0 Å². The first-order chi connectivity index (χ1) is 6.27. The fourth-order valence-corrected chi connectivity index (χ4v) is 1.96. The van der Waals surface area contributed by atoms with Gasteiger partial charge in [-0.1, -0.05) is 13.5 Å². The molecule has 0 radical (unpaired) electrons. The summed E-state index contributed by atoms with van der Waals surface area (Å²) in [4.78, 5) is 6.18. The smallest absolute Gasteiger partial charge is 0.0888 e. The minimum absolute atomic E-state index is 0.636. The van der Waals surface area contributed by atoms with E-state index in [9.17, 15) is 0 Å². The third kappa shape index (κ3) is 2.87. The highest BCUT2D eigenvalue weighted by Crippen LogP contribution is 2.26. The van der Waals surface area contributed by atoms with Gasteiger partial charge in [-0.3, -0.25) is 4.99 Å². The molecular formula is C11H20N2.